The lowest BCUT2D eigenvalue weighted by Gasteiger charge is -2.26. The van der Waals surface area contributed by atoms with E-state index in [1.807, 2.05) is 0 Å². The molecular weight excluding hydrogens is 300 g/mol. The topological polar surface area (TPSA) is 95.9 Å². The lowest BCUT2D eigenvalue weighted by Crippen LogP contribution is -2.40. The fourth-order valence-corrected chi connectivity index (χ4v) is 2.40. The van der Waals surface area contributed by atoms with Gasteiger partial charge >= 0.3 is 5.97 Å². The summed E-state index contributed by atoms with van der Waals surface area (Å²) in [7, 11) is 0. The van der Waals surface area contributed by atoms with Crippen molar-refractivity contribution in [1.29, 1.82) is 0 Å². The third-order valence-corrected chi connectivity index (χ3v) is 3.59. The number of nitrogens with one attached hydrogen (secondary N) is 1. The van der Waals surface area contributed by atoms with Crippen molar-refractivity contribution in [3.63, 3.8) is 0 Å². The van der Waals surface area contributed by atoms with Crippen molar-refractivity contribution in [3.05, 3.63) is 23.8 Å². The largest absolute Gasteiger partial charge is 0.482 e. The van der Waals surface area contributed by atoms with E-state index in [4.69, 9.17) is 9.84 Å². The van der Waals surface area contributed by atoms with Crippen molar-refractivity contribution in [2.75, 3.05) is 25.0 Å². The van der Waals surface area contributed by atoms with Gasteiger partial charge in [-0.1, -0.05) is 0 Å². The minimum Gasteiger partial charge on any atom is -0.482 e. The number of aliphatic carboxylic acids is 1. The van der Waals surface area contributed by atoms with Crippen LogP contribution in [0.5, 0.6) is 5.75 Å². The molecule has 1 aromatic rings. The summed E-state index contributed by atoms with van der Waals surface area (Å²) in [5.41, 5.74) is 1.37. The number of carboxylic acids is 1. The molecule has 1 aliphatic rings. The molecule has 124 valence electrons. The molecule has 1 fully saturated rings. The molecule has 1 saturated heterocycles. The van der Waals surface area contributed by atoms with Crippen molar-refractivity contribution in [2.45, 2.75) is 26.2 Å². The third-order valence-electron chi connectivity index (χ3n) is 3.59. The Kier molecular flexibility index (Phi) is 5.56. The predicted octanol–water partition coefficient (Wildman–Crippen LogP) is 1.41. The van der Waals surface area contributed by atoms with E-state index in [9.17, 15) is 14.4 Å². The molecule has 0 atom stereocenters. The van der Waals surface area contributed by atoms with Crippen LogP contribution in [0.2, 0.25) is 0 Å². The molecule has 2 amide bonds. The van der Waals surface area contributed by atoms with Gasteiger partial charge in [0.15, 0.2) is 6.61 Å². The van der Waals surface area contributed by atoms with Gasteiger partial charge in [0, 0.05) is 18.7 Å². The van der Waals surface area contributed by atoms with Gasteiger partial charge in [0.1, 0.15) is 5.75 Å². The first-order valence-corrected chi connectivity index (χ1v) is 7.48. The molecule has 0 spiro atoms. The highest BCUT2D eigenvalue weighted by molar-refractivity contribution is 5.95. The number of carboxylic acid groups (broad SMARTS) is 1. The van der Waals surface area contributed by atoms with Gasteiger partial charge in [-0.2, -0.15) is 0 Å². The van der Waals surface area contributed by atoms with E-state index in [-0.39, 0.29) is 18.4 Å². The molecule has 2 rings (SSSR count). The van der Waals surface area contributed by atoms with Crippen molar-refractivity contribution in [3.8, 4) is 5.75 Å². The van der Waals surface area contributed by atoms with Crippen LogP contribution in [-0.4, -0.2) is 47.5 Å². The molecule has 0 aliphatic carbocycles. The summed E-state index contributed by atoms with van der Waals surface area (Å²) in [5, 5.41) is 11.3. The summed E-state index contributed by atoms with van der Waals surface area (Å²) in [4.78, 5) is 35.8. The second-order valence-corrected chi connectivity index (χ2v) is 5.48. The van der Waals surface area contributed by atoms with Crippen LogP contribution in [0, 0.1) is 6.92 Å². The number of aryl methyl sites for hydroxylation is 1. The highest BCUT2D eigenvalue weighted by atomic mass is 16.5. The molecule has 7 heteroatoms. The number of rotatable bonds is 6. The molecule has 2 N–H and O–H groups in total. The van der Waals surface area contributed by atoms with E-state index >= 15 is 0 Å². The lowest BCUT2D eigenvalue weighted by molar-refractivity contribution is -0.139. The monoisotopic (exact) mass is 320 g/mol. The summed E-state index contributed by atoms with van der Waals surface area (Å²) in [5.74, 6) is -0.858. The number of benzene rings is 1. The molecule has 0 bridgehead atoms. The molecule has 1 aromatic carbocycles. The first-order chi connectivity index (χ1) is 11.0. The Morgan fingerprint density at radius 3 is 2.78 bits per heavy atom. The predicted molar refractivity (Wildman–Crippen MR) is 83.4 cm³/mol. The molecule has 23 heavy (non-hydrogen) atoms. The summed E-state index contributed by atoms with van der Waals surface area (Å²) < 4.78 is 5.08. The Hall–Kier alpha value is -2.57. The minimum absolute atomic E-state index is 0.0144. The number of ether oxygens (including phenoxy) is 1. The maximum atomic E-state index is 12.1. The van der Waals surface area contributed by atoms with Gasteiger partial charge in [-0.05, 0) is 43.5 Å². The zero-order valence-electron chi connectivity index (χ0n) is 13.0. The van der Waals surface area contributed by atoms with Gasteiger partial charge in [-0.15, -0.1) is 0 Å². The number of likely N-dealkylation sites (tertiary alicyclic amines) is 1. The second kappa shape index (κ2) is 7.62. The fraction of sp³-hybridized carbons (Fsp3) is 0.438. The number of hydrogen-bond acceptors (Lipinski definition) is 4. The number of nitrogens with zero attached hydrogens (tertiary/aromatic N) is 1. The van der Waals surface area contributed by atoms with Crippen molar-refractivity contribution in [1.82, 2.24) is 4.90 Å². The first kappa shape index (κ1) is 16.8. The molecule has 0 radical (unpaired) electrons. The number of hydrogen-bond donors (Lipinski definition) is 2. The van der Waals surface area contributed by atoms with Crippen molar-refractivity contribution in [2.24, 2.45) is 0 Å². The summed E-state index contributed by atoms with van der Waals surface area (Å²) >= 11 is 0. The average Bonchev–Trinajstić information content (AvgIpc) is 2.50. The molecule has 0 saturated carbocycles. The second-order valence-electron chi connectivity index (χ2n) is 5.48. The first-order valence-electron chi connectivity index (χ1n) is 7.48. The van der Waals surface area contributed by atoms with Crippen molar-refractivity contribution < 1.29 is 24.2 Å². The number of anilines is 1. The standard InChI is InChI=1S/C16H20N2O5/c1-11-8-12(23-10-16(21)22)5-6-13(11)17-14(19)9-18-7-3-2-4-15(18)20/h5-6,8H,2-4,7,9-10H2,1H3,(H,17,19)(H,21,22). The van der Waals surface area contributed by atoms with Crippen LogP contribution in [0.3, 0.4) is 0 Å². The highest BCUT2D eigenvalue weighted by Crippen LogP contribution is 2.21. The van der Waals surface area contributed by atoms with E-state index in [1.54, 1.807) is 30.0 Å². The van der Waals surface area contributed by atoms with Crippen LogP contribution >= 0.6 is 0 Å². The van der Waals surface area contributed by atoms with Gasteiger partial charge < -0.3 is 20.1 Å². The third kappa shape index (κ3) is 4.98. The normalized spacial score (nSPS) is 14.5. The van der Waals surface area contributed by atoms with E-state index in [0.29, 0.717) is 24.4 Å². The van der Waals surface area contributed by atoms with Crippen LogP contribution in [-0.2, 0) is 14.4 Å². The van der Waals surface area contributed by atoms with Crippen LogP contribution in [0.15, 0.2) is 18.2 Å². The highest BCUT2D eigenvalue weighted by Gasteiger charge is 2.20. The molecule has 0 aromatic heterocycles. The van der Waals surface area contributed by atoms with E-state index in [0.717, 1.165) is 18.4 Å². The Bertz CT molecular complexity index is 614. The van der Waals surface area contributed by atoms with Gasteiger partial charge in [0.2, 0.25) is 11.8 Å². The van der Waals surface area contributed by atoms with Crippen molar-refractivity contribution >= 4 is 23.5 Å². The smallest absolute Gasteiger partial charge is 0.341 e. The van der Waals surface area contributed by atoms with E-state index in [2.05, 4.69) is 5.32 Å². The van der Waals surface area contributed by atoms with Gasteiger partial charge in [0.05, 0.1) is 6.54 Å². The number of amides is 2. The van der Waals surface area contributed by atoms with Gasteiger partial charge in [-0.25, -0.2) is 4.79 Å². The maximum absolute atomic E-state index is 12.1. The zero-order chi connectivity index (χ0) is 16.8. The molecule has 0 unspecified atom stereocenters. The number of carbonyl (C=O) groups is 3. The summed E-state index contributed by atoms with van der Waals surface area (Å²) in [6.45, 7) is 2.04. The zero-order valence-corrected chi connectivity index (χ0v) is 13.0. The van der Waals surface area contributed by atoms with Crippen LogP contribution in [0.4, 0.5) is 5.69 Å². The molecule has 1 aliphatic heterocycles. The number of piperidine rings is 1. The molecule has 1 heterocycles. The Morgan fingerprint density at radius 1 is 1.35 bits per heavy atom. The fourth-order valence-electron chi connectivity index (χ4n) is 2.40. The lowest BCUT2D eigenvalue weighted by atomic mass is 10.1. The summed E-state index contributed by atoms with van der Waals surface area (Å²) in [6.07, 6.45) is 2.31. The Balaban J connectivity index is 1.92. The van der Waals surface area contributed by atoms with Crippen LogP contribution in [0.1, 0.15) is 24.8 Å². The summed E-state index contributed by atoms with van der Waals surface area (Å²) in [6, 6.07) is 4.91. The SMILES string of the molecule is Cc1cc(OCC(=O)O)ccc1NC(=O)CN1CCCCC1=O. The van der Waals surface area contributed by atoms with E-state index < -0.39 is 12.6 Å². The quantitative estimate of drug-likeness (QED) is 0.826. The molecular formula is C16H20N2O5. The molecule has 7 nitrogen and oxygen atoms in total. The van der Waals surface area contributed by atoms with Gasteiger partial charge in [0.25, 0.3) is 0 Å². The van der Waals surface area contributed by atoms with E-state index in [1.165, 1.54) is 0 Å². The maximum Gasteiger partial charge on any atom is 0.341 e. The minimum atomic E-state index is -1.05. The van der Waals surface area contributed by atoms with Gasteiger partial charge in [-0.3, -0.25) is 9.59 Å². The average molecular weight is 320 g/mol. The van der Waals surface area contributed by atoms with Crippen LogP contribution < -0.4 is 10.1 Å². The Morgan fingerprint density at radius 2 is 2.13 bits per heavy atom. The van der Waals surface area contributed by atoms with Crippen LogP contribution in [0.25, 0.3) is 0 Å². The Labute approximate surface area is 134 Å². The number of carbonyl (C=O) groups excluding carboxylic acids is 2.